The number of methoxy groups -OCH3 is 1. The molecule has 21 heavy (non-hydrogen) atoms. The van der Waals surface area contributed by atoms with E-state index in [9.17, 15) is 9.90 Å². The van der Waals surface area contributed by atoms with E-state index in [1.165, 1.54) is 0 Å². The fraction of sp³-hybridized carbons (Fsp3) is 0.118. The predicted molar refractivity (Wildman–Crippen MR) is 78.8 cm³/mol. The van der Waals surface area contributed by atoms with E-state index in [0.717, 1.165) is 11.1 Å². The van der Waals surface area contributed by atoms with Crippen LogP contribution in [0.1, 0.15) is 21.5 Å². The first-order valence-electron chi connectivity index (χ1n) is 6.50. The average molecular weight is 282 g/mol. The number of fused-ring (bicyclic) bond motifs is 1. The van der Waals surface area contributed by atoms with Crippen molar-refractivity contribution < 1.29 is 19.4 Å². The Morgan fingerprint density at radius 3 is 2.81 bits per heavy atom. The molecule has 0 amide bonds. The van der Waals surface area contributed by atoms with Crippen LogP contribution in [0.25, 0.3) is 6.08 Å². The lowest BCUT2D eigenvalue weighted by Crippen LogP contribution is -1.98. The Balaban J connectivity index is 2.01. The molecule has 0 fully saturated rings. The fourth-order valence-electron chi connectivity index (χ4n) is 2.31. The lowest BCUT2D eigenvalue weighted by molar-refractivity contribution is 0.101. The van der Waals surface area contributed by atoms with Gasteiger partial charge in [-0.2, -0.15) is 0 Å². The largest absolute Gasteiger partial charge is 0.507 e. The van der Waals surface area contributed by atoms with E-state index in [-0.39, 0.29) is 22.9 Å². The van der Waals surface area contributed by atoms with Gasteiger partial charge >= 0.3 is 0 Å². The summed E-state index contributed by atoms with van der Waals surface area (Å²) >= 11 is 0. The maximum absolute atomic E-state index is 12.3. The third kappa shape index (κ3) is 2.36. The first-order valence-corrected chi connectivity index (χ1v) is 6.50. The zero-order valence-corrected chi connectivity index (χ0v) is 11.7. The summed E-state index contributed by atoms with van der Waals surface area (Å²) in [5.41, 5.74) is 1.85. The molecule has 1 aliphatic rings. The molecule has 106 valence electrons. The predicted octanol–water partition coefficient (Wildman–Crippen LogP) is 3.33. The third-order valence-corrected chi connectivity index (χ3v) is 3.29. The van der Waals surface area contributed by atoms with E-state index in [1.807, 2.05) is 25.1 Å². The quantitative estimate of drug-likeness (QED) is 0.858. The van der Waals surface area contributed by atoms with Crippen LogP contribution >= 0.6 is 0 Å². The number of allylic oxidation sites excluding steroid dienone is 1. The summed E-state index contributed by atoms with van der Waals surface area (Å²) in [4.78, 5) is 12.3. The molecule has 0 atom stereocenters. The van der Waals surface area contributed by atoms with Gasteiger partial charge in [0.05, 0.1) is 7.11 Å². The number of carbonyl (C=O) groups excluding carboxylic acids is 1. The van der Waals surface area contributed by atoms with Crippen molar-refractivity contribution in [2.45, 2.75) is 6.92 Å². The van der Waals surface area contributed by atoms with Gasteiger partial charge in [-0.3, -0.25) is 4.79 Å². The number of ketones is 1. The Kier molecular flexibility index (Phi) is 3.14. The Morgan fingerprint density at radius 2 is 2.05 bits per heavy atom. The standard InChI is InChI=1S/C17H14O4/c1-10-6-13(18)16-14(7-10)21-15(17(16)19)9-11-4-3-5-12(8-11)20-2/h3-9,18H,1-2H3. The summed E-state index contributed by atoms with van der Waals surface area (Å²) in [5, 5.41) is 9.90. The van der Waals surface area contributed by atoms with E-state index in [0.29, 0.717) is 11.5 Å². The first-order chi connectivity index (χ1) is 10.1. The van der Waals surface area contributed by atoms with Crippen LogP contribution < -0.4 is 9.47 Å². The molecule has 1 aliphatic heterocycles. The van der Waals surface area contributed by atoms with Crippen LogP contribution in [0, 0.1) is 6.92 Å². The van der Waals surface area contributed by atoms with Gasteiger partial charge < -0.3 is 14.6 Å². The molecule has 1 heterocycles. The molecule has 0 bridgehead atoms. The first kappa shape index (κ1) is 13.2. The number of aryl methyl sites for hydroxylation is 1. The molecule has 0 spiro atoms. The number of phenols is 1. The number of Topliss-reactive ketones (excluding diaryl/α,β-unsaturated/α-hetero) is 1. The van der Waals surface area contributed by atoms with Crippen molar-refractivity contribution in [2.24, 2.45) is 0 Å². The lowest BCUT2D eigenvalue weighted by atomic mass is 10.1. The molecule has 0 aliphatic carbocycles. The van der Waals surface area contributed by atoms with E-state index < -0.39 is 0 Å². The molecule has 0 aromatic heterocycles. The number of rotatable bonds is 2. The van der Waals surface area contributed by atoms with Gasteiger partial charge in [-0.05, 0) is 48.4 Å². The molecule has 0 saturated heterocycles. The topological polar surface area (TPSA) is 55.8 Å². The van der Waals surface area contributed by atoms with Gasteiger partial charge in [0, 0.05) is 0 Å². The minimum atomic E-state index is -0.315. The average Bonchev–Trinajstić information content (AvgIpc) is 2.75. The zero-order chi connectivity index (χ0) is 15.0. The number of aromatic hydroxyl groups is 1. The van der Waals surface area contributed by atoms with E-state index >= 15 is 0 Å². The molecule has 4 nitrogen and oxygen atoms in total. The van der Waals surface area contributed by atoms with Gasteiger partial charge in [0.25, 0.3) is 0 Å². The number of benzene rings is 2. The minimum Gasteiger partial charge on any atom is -0.507 e. The minimum absolute atomic E-state index is 0.0518. The highest BCUT2D eigenvalue weighted by Crippen LogP contribution is 2.38. The Labute approximate surface area is 122 Å². The number of hydrogen-bond donors (Lipinski definition) is 1. The summed E-state index contributed by atoms with van der Waals surface area (Å²) < 4.78 is 10.7. The summed E-state index contributed by atoms with van der Waals surface area (Å²) in [6, 6.07) is 10.6. The highest BCUT2D eigenvalue weighted by molar-refractivity contribution is 6.16. The molecule has 1 N–H and O–H groups in total. The third-order valence-electron chi connectivity index (χ3n) is 3.29. The van der Waals surface area contributed by atoms with Crippen molar-refractivity contribution in [3.8, 4) is 17.2 Å². The molecule has 0 radical (unpaired) electrons. The van der Waals surface area contributed by atoms with Gasteiger partial charge in [0.1, 0.15) is 22.8 Å². The summed E-state index contributed by atoms with van der Waals surface area (Å²) in [6.45, 7) is 1.83. The Morgan fingerprint density at radius 1 is 1.24 bits per heavy atom. The van der Waals surface area contributed by atoms with Gasteiger partial charge in [-0.15, -0.1) is 0 Å². The second-order valence-corrected chi connectivity index (χ2v) is 4.87. The van der Waals surface area contributed by atoms with Crippen molar-refractivity contribution in [1.29, 1.82) is 0 Å². The smallest absolute Gasteiger partial charge is 0.235 e. The molecule has 2 aromatic carbocycles. The van der Waals surface area contributed by atoms with Crippen LogP contribution in [0.5, 0.6) is 17.2 Å². The monoisotopic (exact) mass is 282 g/mol. The highest BCUT2D eigenvalue weighted by Gasteiger charge is 2.30. The second-order valence-electron chi connectivity index (χ2n) is 4.87. The molecular formula is C17H14O4. The molecular weight excluding hydrogens is 268 g/mol. The summed E-state index contributed by atoms with van der Waals surface area (Å²) in [6.07, 6.45) is 1.64. The van der Waals surface area contributed by atoms with Gasteiger partial charge in [0.15, 0.2) is 5.76 Å². The van der Waals surface area contributed by atoms with E-state index in [2.05, 4.69) is 0 Å². The zero-order valence-electron chi connectivity index (χ0n) is 11.7. The summed E-state index contributed by atoms with van der Waals surface area (Å²) in [7, 11) is 1.58. The van der Waals surface area contributed by atoms with Gasteiger partial charge in [-0.25, -0.2) is 0 Å². The molecule has 2 aromatic rings. The van der Waals surface area contributed by atoms with Crippen LogP contribution in [-0.2, 0) is 0 Å². The number of carbonyl (C=O) groups is 1. The molecule has 3 rings (SSSR count). The maximum atomic E-state index is 12.3. The molecule has 4 heteroatoms. The second kappa shape index (κ2) is 4.98. The number of hydrogen-bond acceptors (Lipinski definition) is 4. The van der Waals surface area contributed by atoms with Crippen molar-refractivity contribution >= 4 is 11.9 Å². The SMILES string of the molecule is COc1cccc(C=C2Oc3cc(C)cc(O)c3C2=O)c1. The van der Waals surface area contributed by atoms with E-state index in [1.54, 1.807) is 31.4 Å². The number of ether oxygens (including phenoxy) is 2. The van der Waals surface area contributed by atoms with Crippen LogP contribution in [0.2, 0.25) is 0 Å². The van der Waals surface area contributed by atoms with Gasteiger partial charge in [0.2, 0.25) is 5.78 Å². The maximum Gasteiger partial charge on any atom is 0.235 e. The van der Waals surface area contributed by atoms with Crippen LogP contribution in [0.15, 0.2) is 42.2 Å². The van der Waals surface area contributed by atoms with Crippen molar-refractivity contribution in [2.75, 3.05) is 7.11 Å². The van der Waals surface area contributed by atoms with Crippen molar-refractivity contribution in [1.82, 2.24) is 0 Å². The molecule has 0 saturated carbocycles. The normalized spacial score (nSPS) is 15.0. The van der Waals surface area contributed by atoms with Crippen LogP contribution in [0.3, 0.4) is 0 Å². The lowest BCUT2D eigenvalue weighted by Gasteiger charge is -2.02. The number of phenolic OH excluding ortho intramolecular Hbond substituents is 1. The van der Waals surface area contributed by atoms with Gasteiger partial charge in [-0.1, -0.05) is 12.1 Å². The fourth-order valence-corrected chi connectivity index (χ4v) is 2.31. The van der Waals surface area contributed by atoms with E-state index in [4.69, 9.17) is 9.47 Å². The molecule has 0 unspecified atom stereocenters. The highest BCUT2D eigenvalue weighted by atomic mass is 16.5. The summed E-state index contributed by atoms with van der Waals surface area (Å²) in [5.74, 6) is 0.922. The Hall–Kier alpha value is -2.75. The van der Waals surface area contributed by atoms with Crippen molar-refractivity contribution in [3.63, 3.8) is 0 Å². The van der Waals surface area contributed by atoms with Crippen LogP contribution in [-0.4, -0.2) is 18.0 Å². The Bertz CT molecular complexity index is 759. The van der Waals surface area contributed by atoms with Crippen molar-refractivity contribution in [3.05, 3.63) is 58.8 Å². The van der Waals surface area contributed by atoms with Crippen LogP contribution in [0.4, 0.5) is 0 Å².